The Bertz CT molecular complexity index is 533. The zero-order valence-electron chi connectivity index (χ0n) is 12.5. The third kappa shape index (κ3) is 3.40. The fourth-order valence-electron chi connectivity index (χ4n) is 2.77. The molecule has 0 unspecified atom stereocenters. The molecule has 1 aromatic rings. The molecule has 1 amide bonds. The highest BCUT2D eigenvalue weighted by atomic mass is 16.6. The van der Waals surface area contributed by atoms with E-state index in [-0.39, 0.29) is 6.61 Å². The van der Waals surface area contributed by atoms with Gasteiger partial charge in [-0.05, 0) is 36.1 Å². The average molecular weight is 307 g/mol. The van der Waals surface area contributed by atoms with Crippen LogP contribution in [0.5, 0.6) is 0 Å². The molecular formula is C16H21NO5. The van der Waals surface area contributed by atoms with Crippen molar-refractivity contribution in [3.8, 4) is 0 Å². The number of hydrogen-bond donors (Lipinski definition) is 1. The topological polar surface area (TPSA) is 68.2 Å². The van der Waals surface area contributed by atoms with Crippen LogP contribution in [0.1, 0.15) is 11.1 Å². The van der Waals surface area contributed by atoms with E-state index in [2.05, 4.69) is 0 Å². The van der Waals surface area contributed by atoms with Crippen molar-refractivity contribution in [3.63, 3.8) is 0 Å². The zero-order valence-corrected chi connectivity index (χ0v) is 12.5. The van der Waals surface area contributed by atoms with Crippen molar-refractivity contribution in [1.29, 1.82) is 0 Å². The van der Waals surface area contributed by atoms with Crippen LogP contribution in [0.25, 0.3) is 0 Å². The standard InChI is InChI=1S/C16H21NO5/c18-11-15-10-17(16(19)22-15)14-2-1-12-3-5-20-7-8-21-6-4-13(12)9-14/h1-2,9,15,18H,3-8,10-11H2/t15-/m1/s1. The fraction of sp³-hybridized carbons (Fsp3) is 0.562. The van der Waals surface area contributed by atoms with Crippen molar-refractivity contribution in [2.24, 2.45) is 0 Å². The van der Waals surface area contributed by atoms with Gasteiger partial charge in [-0.3, -0.25) is 4.90 Å². The van der Waals surface area contributed by atoms with Crippen LogP contribution < -0.4 is 4.90 Å². The number of rotatable bonds is 2. The summed E-state index contributed by atoms with van der Waals surface area (Å²) in [5, 5.41) is 9.13. The van der Waals surface area contributed by atoms with Crippen LogP contribution in [-0.4, -0.2) is 56.9 Å². The first-order valence-corrected chi connectivity index (χ1v) is 7.64. The Balaban J connectivity index is 1.80. The lowest BCUT2D eigenvalue weighted by atomic mass is 10.0. The molecule has 22 heavy (non-hydrogen) atoms. The summed E-state index contributed by atoms with van der Waals surface area (Å²) in [5.74, 6) is 0. The summed E-state index contributed by atoms with van der Waals surface area (Å²) in [6, 6.07) is 5.98. The molecule has 2 aliphatic rings. The number of cyclic esters (lactones) is 1. The number of benzene rings is 1. The van der Waals surface area contributed by atoms with Gasteiger partial charge in [-0.15, -0.1) is 0 Å². The van der Waals surface area contributed by atoms with Crippen molar-refractivity contribution in [1.82, 2.24) is 0 Å². The molecule has 0 bridgehead atoms. The van der Waals surface area contributed by atoms with E-state index in [1.54, 1.807) is 4.90 Å². The molecule has 120 valence electrons. The predicted octanol–water partition coefficient (Wildman–Crippen LogP) is 1.14. The number of aliphatic hydroxyl groups excluding tert-OH is 1. The highest BCUT2D eigenvalue weighted by molar-refractivity contribution is 5.89. The first-order chi connectivity index (χ1) is 10.8. The molecule has 2 heterocycles. The summed E-state index contributed by atoms with van der Waals surface area (Å²) in [4.78, 5) is 13.5. The van der Waals surface area contributed by atoms with Gasteiger partial charge in [-0.1, -0.05) is 6.07 Å². The number of carbonyl (C=O) groups is 1. The van der Waals surface area contributed by atoms with Crippen LogP contribution in [0.4, 0.5) is 10.5 Å². The third-order valence-electron chi connectivity index (χ3n) is 3.98. The van der Waals surface area contributed by atoms with E-state index in [4.69, 9.17) is 19.3 Å². The molecule has 0 spiro atoms. The zero-order chi connectivity index (χ0) is 15.4. The normalized spacial score (nSPS) is 23.0. The molecule has 0 radical (unpaired) electrons. The maximum Gasteiger partial charge on any atom is 0.414 e. The SMILES string of the molecule is O=C1O[C@@H](CO)CN1c1ccc2c(c1)CCOCCOCC2. The van der Waals surface area contributed by atoms with Gasteiger partial charge in [0.05, 0.1) is 39.6 Å². The Morgan fingerprint density at radius 3 is 2.50 bits per heavy atom. The molecule has 1 aromatic carbocycles. The van der Waals surface area contributed by atoms with Crippen molar-refractivity contribution >= 4 is 11.8 Å². The van der Waals surface area contributed by atoms with E-state index in [0.717, 1.165) is 18.5 Å². The van der Waals surface area contributed by atoms with Crippen LogP contribution in [0, 0.1) is 0 Å². The van der Waals surface area contributed by atoms with Gasteiger partial charge in [0.15, 0.2) is 0 Å². The average Bonchev–Trinajstić information content (AvgIpc) is 2.92. The summed E-state index contributed by atoms with van der Waals surface area (Å²) < 4.78 is 16.1. The van der Waals surface area contributed by atoms with E-state index in [1.807, 2.05) is 18.2 Å². The van der Waals surface area contributed by atoms with Gasteiger partial charge in [0.1, 0.15) is 6.10 Å². The Labute approximate surface area is 129 Å². The van der Waals surface area contributed by atoms with Crippen molar-refractivity contribution in [3.05, 3.63) is 29.3 Å². The first kappa shape index (κ1) is 15.3. The van der Waals surface area contributed by atoms with Crippen LogP contribution in [0.2, 0.25) is 0 Å². The molecule has 6 nitrogen and oxygen atoms in total. The van der Waals surface area contributed by atoms with E-state index < -0.39 is 12.2 Å². The number of carbonyl (C=O) groups excluding carboxylic acids is 1. The van der Waals surface area contributed by atoms with Crippen molar-refractivity contribution in [2.45, 2.75) is 18.9 Å². The largest absolute Gasteiger partial charge is 0.441 e. The second-order valence-electron chi connectivity index (χ2n) is 5.48. The van der Waals surface area contributed by atoms with E-state index in [1.165, 1.54) is 11.1 Å². The minimum atomic E-state index is -0.446. The minimum Gasteiger partial charge on any atom is -0.441 e. The number of fused-ring (bicyclic) bond motifs is 1. The van der Waals surface area contributed by atoms with Gasteiger partial charge in [0.25, 0.3) is 0 Å². The van der Waals surface area contributed by atoms with Crippen LogP contribution in [-0.2, 0) is 27.1 Å². The summed E-state index contributed by atoms with van der Waals surface area (Å²) in [7, 11) is 0. The summed E-state index contributed by atoms with van der Waals surface area (Å²) >= 11 is 0. The second-order valence-corrected chi connectivity index (χ2v) is 5.48. The lowest BCUT2D eigenvalue weighted by molar-refractivity contribution is 0.0477. The third-order valence-corrected chi connectivity index (χ3v) is 3.98. The highest BCUT2D eigenvalue weighted by Crippen LogP contribution is 2.25. The van der Waals surface area contributed by atoms with E-state index >= 15 is 0 Å². The lowest BCUT2D eigenvalue weighted by Gasteiger charge is -2.18. The Morgan fingerprint density at radius 1 is 1.09 bits per heavy atom. The Kier molecular flexibility index (Phi) is 4.92. The summed E-state index contributed by atoms with van der Waals surface area (Å²) in [6.07, 6.45) is 0.825. The lowest BCUT2D eigenvalue weighted by Crippen LogP contribution is -2.25. The first-order valence-electron chi connectivity index (χ1n) is 7.64. The van der Waals surface area contributed by atoms with Crippen molar-refractivity contribution < 1.29 is 24.1 Å². The van der Waals surface area contributed by atoms with Gasteiger partial charge < -0.3 is 19.3 Å². The molecule has 1 saturated heterocycles. The molecule has 0 saturated carbocycles. The maximum atomic E-state index is 11.9. The number of aliphatic hydroxyl groups is 1. The molecule has 1 atom stereocenters. The Morgan fingerprint density at radius 2 is 1.82 bits per heavy atom. The Hall–Kier alpha value is -1.63. The molecule has 1 fully saturated rings. The van der Waals surface area contributed by atoms with Crippen molar-refractivity contribution in [2.75, 3.05) is 44.5 Å². The van der Waals surface area contributed by atoms with Gasteiger partial charge in [-0.25, -0.2) is 4.79 Å². The highest BCUT2D eigenvalue weighted by Gasteiger charge is 2.32. The summed E-state index contributed by atoms with van der Waals surface area (Å²) in [5.41, 5.74) is 3.20. The van der Waals surface area contributed by atoms with Crippen LogP contribution >= 0.6 is 0 Å². The molecule has 6 heteroatoms. The number of amides is 1. The maximum absolute atomic E-state index is 11.9. The van der Waals surface area contributed by atoms with E-state index in [9.17, 15) is 4.79 Å². The molecular weight excluding hydrogens is 286 g/mol. The summed E-state index contributed by atoms with van der Waals surface area (Å²) in [6.45, 7) is 2.80. The molecule has 2 aliphatic heterocycles. The minimum absolute atomic E-state index is 0.154. The molecule has 1 N–H and O–H groups in total. The van der Waals surface area contributed by atoms with Gasteiger partial charge in [0.2, 0.25) is 0 Å². The fourth-order valence-corrected chi connectivity index (χ4v) is 2.77. The number of anilines is 1. The quantitative estimate of drug-likeness (QED) is 0.887. The smallest absolute Gasteiger partial charge is 0.414 e. The van der Waals surface area contributed by atoms with Gasteiger partial charge in [0, 0.05) is 5.69 Å². The number of ether oxygens (including phenoxy) is 3. The second kappa shape index (κ2) is 7.09. The monoisotopic (exact) mass is 307 g/mol. The van der Waals surface area contributed by atoms with Crippen LogP contribution in [0.3, 0.4) is 0 Å². The van der Waals surface area contributed by atoms with E-state index in [0.29, 0.717) is 33.0 Å². The predicted molar refractivity (Wildman–Crippen MR) is 80.2 cm³/mol. The van der Waals surface area contributed by atoms with Gasteiger partial charge >= 0.3 is 6.09 Å². The molecule has 0 aromatic heterocycles. The van der Waals surface area contributed by atoms with Crippen LogP contribution in [0.15, 0.2) is 18.2 Å². The number of nitrogens with zero attached hydrogens (tertiary/aromatic N) is 1. The molecule has 3 rings (SSSR count). The molecule has 0 aliphatic carbocycles. The number of hydrogen-bond acceptors (Lipinski definition) is 5. The van der Waals surface area contributed by atoms with Gasteiger partial charge in [-0.2, -0.15) is 0 Å².